The Balaban J connectivity index is 0.000000426. The van der Waals surface area contributed by atoms with Crippen LogP contribution in [0.5, 0.6) is 0 Å². The van der Waals surface area contributed by atoms with Crippen LogP contribution >= 0.6 is 0 Å². The maximum atomic E-state index is 13.1. The fraction of sp³-hybridized carbons (Fsp3) is 0.393. The molecule has 0 spiro atoms. The van der Waals surface area contributed by atoms with Gasteiger partial charge in [-0.15, -0.1) is 0 Å². The third-order valence-electron chi connectivity index (χ3n) is 6.59. The number of piperidine rings is 1. The summed E-state index contributed by atoms with van der Waals surface area (Å²) in [6.07, 6.45) is 4.01. The second-order valence-electron chi connectivity index (χ2n) is 9.61. The average Bonchev–Trinajstić information content (AvgIpc) is 3.51. The number of likely N-dealkylation sites (tertiary alicyclic amines) is 1. The molecule has 0 amide bonds. The van der Waals surface area contributed by atoms with Crippen molar-refractivity contribution in [3.8, 4) is 0 Å². The Kier molecular flexibility index (Phi) is 8.75. The largest absolute Gasteiger partial charge is 0.462 e. The van der Waals surface area contributed by atoms with E-state index >= 15 is 0 Å². The van der Waals surface area contributed by atoms with Gasteiger partial charge in [0, 0.05) is 45.0 Å². The van der Waals surface area contributed by atoms with Crippen molar-refractivity contribution in [3.63, 3.8) is 0 Å². The summed E-state index contributed by atoms with van der Waals surface area (Å²) in [5.74, 6) is -1.000. The number of halogens is 1. The van der Waals surface area contributed by atoms with Gasteiger partial charge in [0.2, 0.25) is 0 Å². The summed E-state index contributed by atoms with van der Waals surface area (Å²) in [5.41, 5.74) is 3.06. The number of aromatic amines is 1. The van der Waals surface area contributed by atoms with Gasteiger partial charge in [0.15, 0.2) is 5.58 Å². The molecule has 1 aromatic heterocycles. The van der Waals surface area contributed by atoms with E-state index in [1.54, 1.807) is 24.3 Å². The van der Waals surface area contributed by atoms with E-state index in [0.717, 1.165) is 36.5 Å². The van der Waals surface area contributed by atoms with E-state index in [-0.39, 0.29) is 17.9 Å². The van der Waals surface area contributed by atoms with Gasteiger partial charge in [0.1, 0.15) is 18.5 Å². The molecule has 2 aliphatic heterocycles. The number of carbonyl (C=O) groups excluding carboxylic acids is 1. The van der Waals surface area contributed by atoms with Crippen molar-refractivity contribution in [2.45, 2.75) is 44.3 Å². The van der Waals surface area contributed by atoms with Crippen LogP contribution in [0.15, 0.2) is 69.5 Å². The summed E-state index contributed by atoms with van der Waals surface area (Å²) in [7, 11) is 0. The number of oxime groups is 1. The third kappa shape index (κ3) is 7.39. The Labute approximate surface area is 219 Å². The van der Waals surface area contributed by atoms with Crippen molar-refractivity contribution >= 4 is 22.8 Å². The number of aliphatic hydroxyl groups is 1. The number of benzene rings is 2. The lowest BCUT2D eigenvalue weighted by Gasteiger charge is -2.38. The molecule has 1 saturated heterocycles. The number of nitrogens with zero attached hydrogens (tertiary/aromatic N) is 2. The number of rotatable bonds is 7. The maximum Gasteiger partial charge on any atom is 0.417 e. The fourth-order valence-corrected chi connectivity index (χ4v) is 4.60. The minimum Gasteiger partial charge on any atom is -0.462 e. The molecule has 10 heteroatoms. The molecule has 0 saturated carbocycles. The molecule has 3 aromatic rings. The van der Waals surface area contributed by atoms with Crippen LogP contribution in [-0.4, -0.2) is 64.6 Å². The number of ether oxygens (including phenoxy) is 1. The fourth-order valence-electron chi connectivity index (χ4n) is 4.60. The Hall–Kier alpha value is -3.76. The highest BCUT2D eigenvalue weighted by Gasteiger charge is 2.34. The minimum atomic E-state index is -0.761. The van der Waals surface area contributed by atoms with E-state index in [9.17, 15) is 19.1 Å². The predicted octanol–water partition coefficient (Wildman–Crippen LogP) is 3.56. The number of H-pyrrole nitrogens is 1. The van der Waals surface area contributed by atoms with Crippen molar-refractivity contribution in [3.05, 3.63) is 82.6 Å². The summed E-state index contributed by atoms with van der Waals surface area (Å²) in [6, 6.07) is 11.8. The van der Waals surface area contributed by atoms with Crippen molar-refractivity contribution < 1.29 is 28.3 Å². The number of fused-ring (bicyclic) bond motifs is 1. The van der Waals surface area contributed by atoms with Crippen LogP contribution in [0.3, 0.4) is 0 Å². The normalized spacial score (nSPS) is 18.7. The van der Waals surface area contributed by atoms with Crippen LogP contribution in [-0.2, 0) is 20.8 Å². The van der Waals surface area contributed by atoms with Gasteiger partial charge in [-0.1, -0.05) is 36.0 Å². The smallest absolute Gasteiger partial charge is 0.417 e. The van der Waals surface area contributed by atoms with Gasteiger partial charge in [-0.25, -0.2) is 9.18 Å². The van der Waals surface area contributed by atoms with E-state index in [0.29, 0.717) is 43.4 Å². The van der Waals surface area contributed by atoms with Crippen LogP contribution in [0.1, 0.15) is 37.3 Å². The zero-order valence-corrected chi connectivity index (χ0v) is 21.3. The molecule has 0 bridgehead atoms. The molecule has 3 heterocycles. The van der Waals surface area contributed by atoms with Gasteiger partial charge in [-0.2, -0.15) is 0 Å². The van der Waals surface area contributed by atoms with Gasteiger partial charge in [0.05, 0.1) is 16.8 Å². The van der Waals surface area contributed by atoms with Crippen molar-refractivity contribution in [2.75, 3.05) is 26.2 Å². The number of esters is 1. The number of hydrogen-bond acceptors (Lipinski definition) is 8. The monoisotopic (exact) mass is 525 g/mol. The van der Waals surface area contributed by atoms with Gasteiger partial charge >= 0.3 is 11.7 Å². The Morgan fingerprint density at radius 1 is 1.29 bits per heavy atom. The number of aromatic nitrogens is 1. The predicted molar refractivity (Wildman–Crippen MR) is 140 cm³/mol. The lowest BCUT2D eigenvalue weighted by Crippen LogP contribution is -2.47. The molecular weight excluding hydrogens is 493 g/mol. The van der Waals surface area contributed by atoms with Gasteiger partial charge in [-0.3, -0.25) is 14.7 Å². The Morgan fingerprint density at radius 2 is 2.03 bits per heavy atom. The SMILES string of the molecule is C=CCOC(C)=O.O=c1[nH]c2ccc(C3=NOC(CN4CCC(O)(Cc5ccc(F)cc5)CC4)C3)cc2o1. The summed E-state index contributed by atoms with van der Waals surface area (Å²) >= 11 is 0. The molecule has 2 aliphatic rings. The summed E-state index contributed by atoms with van der Waals surface area (Å²) < 4.78 is 22.7. The molecule has 2 aromatic carbocycles. The highest BCUT2D eigenvalue weighted by Crippen LogP contribution is 2.28. The zero-order valence-electron chi connectivity index (χ0n) is 21.3. The Bertz CT molecular complexity index is 1340. The summed E-state index contributed by atoms with van der Waals surface area (Å²) in [4.78, 5) is 31.8. The highest BCUT2D eigenvalue weighted by molar-refractivity contribution is 6.03. The van der Waals surface area contributed by atoms with E-state index < -0.39 is 11.4 Å². The van der Waals surface area contributed by atoms with E-state index in [1.165, 1.54) is 25.1 Å². The minimum absolute atomic E-state index is 0.0489. The van der Waals surface area contributed by atoms with Crippen molar-refractivity contribution in [2.24, 2.45) is 5.16 Å². The van der Waals surface area contributed by atoms with E-state index in [2.05, 4.69) is 26.4 Å². The quantitative estimate of drug-likeness (QED) is 0.358. The van der Waals surface area contributed by atoms with Crippen molar-refractivity contribution in [1.82, 2.24) is 9.88 Å². The first-order chi connectivity index (χ1) is 18.2. The standard InChI is InChI=1S/C23H24FN3O4.C5H8O2/c24-17-4-1-15(2-5-17)13-23(29)7-9-27(10-8-23)14-18-12-20(26-31-18)16-3-6-19-21(11-16)30-22(28)25-19;1-3-4-7-5(2)6/h1-6,11,18,29H,7-10,12-14H2,(H,25,28);3H,1,4H2,2H3. The lowest BCUT2D eigenvalue weighted by molar-refractivity contribution is -0.139. The number of nitrogens with one attached hydrogen (secondary N) is 1. The van der Waals surface area contributed by atoms with Crippen LogP contribution in [0, 0.1) is 5.82 Å². The molecule has 1 fully saturated rings. The summed E-state index contributed by atoms with van der Waals surface area (Å²) in [6.45, 7) is 7.31. The van der Waals surface area contributed by atoms with E-state index in [1.807, 2.05) is 6.07 Å². The third-order valence-corrected chi connectivity index (χ3v) is 6.59. The van der Waals surface area contributed by atoms with Crippen LogP contribution < -0.4 is 5.76 Å². The molecule has 2 N–H and O–H groups in total. The number of carbonyl (C=O) groups is 1. The zero-order chi connectivity index (χ0) is 27.1. The Morgan fingerprint density at radius 3 is 2.68 bits per heavy atom. The topological polar surface area (TPSA) is 117 Å². The first-order valence-corrected chi connectivity index (χ1v) is 12.5. The molecule has 1 atom stereocenters. The first kappa shape index (κ1) is 27.3. The number of oxazole rings is 1. The van der Waals surface area contributed by atoms with Gasteiger partial charge in [0.25, 0.3) is 0 Å². The maximum absolute atomic E-state index is 13.1. The molecule has 0 radical (unpaired) electrons. The second-order valence-corrected chi connectivity index (χ2v) is 9.61. The summed E-state index contributed by atoms with van der Waals surface area (Å²) in [5, 5.41) is 15.2. The van der Waals surface area contributed by atoms with Crippen LogP contribution in [0.2, 0.25) is 0 Å². The molecule has 1 unspecified atom stereocenters. The molecule has 38 heavy (non-hydrogen) atoms. The average molecular weight is 526 g/mol. The molecule has 0 aliphatic carbocycles. The second kappa shape index (κ2) is 12.2. The highest BCUT2D eigenvalue weighted by atomic mass is 19.1. The molecule has 5 rings (SSSR count). The van der Waals surface area contributed by atoms with Gasteiger partial charge < -0.3 is 19.1 Å². The van der Waals surface area contributed by atoms with E-state index in [4.69, 9.17) is 9.25 Å². The molecular formula is C28H32FN3O6. The van der Waals surface area contributed by atoms with Crippen LogP contribution in [0.25, 0.3) is 11.1 Å². The number of hydrogen-bond donors (Lipinski definition) is 2. The molecule has 202 valence electrons. The van der Waals surface area contributed by atoms with Gasteiger partial charge in [-0.05, 0) is 42.7 Å². The molecule has 9 nitrogen and oxygen atoms in total. The first-order valence-electron chi connectivity index (χ1n) is 12.5. The van der Waals surface area contributed by atoms with Crippen molar-refractivity contribution in [1.29, 1.82) is 0 Å². The van der Waals surface area contributed by atoms with Crippen LogP contribution in [0.4, 0.5) is 4.39 Å². The lowest BCUT2D eigenvalue weighted by atomic mass is 9.85.